The van der Waals surface area contributed by atoms with E-state index in [2.05, 4.69) is 10.2 Å². The predicted octanol–water partition coefficient (Wildman–Crippen LogP) is 0.599. The van der Waals surface area contributed by atoms with E-state index in [1.807, 2.05) is 13.0 Å². The van der Waals surface area contributed by atoms with Crippen molar-refractivity contribution in [3.05, 3.63) is 17.5 Å². The molecule has 0 saturated heterocycles. The van der Waals surface area contributed by atoms with Crippen molar-refractivity contribution in [1.82, 2.24) is 10.2 Å². The van der Waals surface area contributed by atoms with E-state index in [1.54, 1.807) is 0 Å². The molecule has 0 aliphatic heterocycles. The van der Waals surface area contributed by atoms with Crippen LogP contribution >= 0.6 is 12.4 Å². The molecule has 0 atom stereocenters. The minimum absolute atomic E-state index is 0. The Hall–Kier alpha value is -0.540. The second-order valence-corrected chi connectivity index (χ2v) is 1.75. The average molecular weight is 148 g/mol. The second kappa shape index (κ2) is 3.48. The van der Waals surface area contributed by atoms with Gasteiger partial charge in [0, 0.05) is 12.2 Å². The van der Waals surface area contributed by atoms with Crippen molar-refractivity contribution >= 4 is 12.4 Å². The van der Waals surface area contributed by atoms with Crippen molar-refractivity contribution in [2.45, 2.75) is 13.5 Å². The maximum absolute atomic E-state index is 5.28. The van der Waals surface area contributed by atoms with Gasteiger partial charge >= 0.3 is 0 Å². The molecule has 1 rings (SSSR count). The molecule has 4 heteroatoms. The second-order valence-electron chi connectivity index (χ2n) is 1.75. The van der Waals surface area contributed by atoms with E-state index in [9.17, 15) is 0 Å². The predicted molar refractivity (Wildman–Crippen MR) is 38.5 cm³/mol. The lowest BCUT2D eigenvalue weighted by molar-refractivity contribution is 0.939. The third kappa shape index (κ3) is 2.03. The maximum atomic E-state index is 5.28. The largest absolute Gasteiger partial charge is 0.325 e. The molecule has 0 bridgehead atoms. The van der Waals surface area contributed by atoms with Crippen molar-refractivity contribution in [1.29, 1.82) is 0 Å². The Kier molecular flexibility index (Phi) is 3.27. The first-order valence-electron chi connectivity index (χ1n) is 2.54. The highest BCUT2D eigenvalue weighted by molar-refractivity contribution is 5.85. The molecular formula is C5H10ClN3. The molecule has 0 unspecified atom stereocenters. The molecule has 52 valence electrons. The van der Waals surface area contributed by atoms with Crippen LogP contribution in [0.3, 0.4) is 0 Å². The number of hydrogen-bond acceptors (Lipinski definition) is 2. The van der Waals surface area contributed by atoms with Gasteiger partial charge in [-0.05, 0) is 13.0 Å². The van der Waals surface area contributed by atoms with E-state index in [-0.39, 0.29) is 12.4 Å². The van der Waals surface area contributed by atoms with Gasteiger partial charge in [-0.25, -0.2) is 0 Å². The number of aryl methyl sites for hydroxylation is 1. The molecule has 0 saturated carbocycles. The van der Waals surface area contributed by atoms with Gasteiger partial charge in [0.2, 0.25) is 0 Å². The van der Waals surface area contributed by atoms with Crippen molar-refractivity contribution in [2.24, 2.45) is 5.73 Å². The molecule has 0 aliphatic rings. The summed E-state index contributed by atoms with van der Waals surface area (Å²) in [6.07, 6.45) is 0. The van der Waals surface area contributed by atoms with E-state index in [0.29, 0.717) is 6.54 Å². The Morgan fingerprint density at radius 2 is 2.44 bits per heavy atom. The highest BCUT2D eigenvalue weighted by Crippen LogP contribution is 1.93. The van der Waals surface area contributed by atoms with E-state index < -0.39 is 0 Å². The molecule has 0 amide bonds. The summed E-state index contributed by atoms with van der Waals surface area (Å²) in [5.41, 5.74) is 7.26. The van der Waals surface area contributed by atoms with Gasteiger partial charge in [0.25, 0.3) is 0 Å². The summed E-state index contributed by atoms with van der Waals surface area (Å²) < 4.78 is 0. The standard InChI is InChI=1S/C5H9N3.ClH/c1-4-2-5(3-6)8-7-4;/h2H,3,6H2,1H3,(H,7,8);1H. The van der Waals surface area contributed by atoms with E-state index in [4.69, 9.17) is 5.73 Å². The number of nitrogens with zero attached hydrogens (tertiary/aromatic N) is 1. The first kappa shape index (κ1) is 8.46. The molecule has 3 N–H and O–H groups in total. The fraction of sp³-hybridized carbons (Fsp3) is 0.400. The number of aromatic nitrogens is 2. The molecule has 0 radical (unpaired) electrons. The van der Waals surface area contributed by atoms with Gasteiger partial charge in [0.05, 0.1) is 5.69 Å². The van der Waals surface area contributed by atoms with Crippen molar-refractivity contribution in [3.8, 4) is 0 Å². The van der Waals surface area contributed by atoms with Crippen LogP contribution in [0.5, 0.6) is 0 Å². The first-order chi connectivity index (χ1) is 3.83. The van der Waals surface area contributed by atoms with Crippen molar-refractivity contribution in [2.75, 3.05) is 0 Å². The van der Waals surface area contributed by atoms with Crippen LogP contribution in [0.25, 0.3) is 0 Å². The monoisotopic (exact) mass is 147 g/mol. The fourth-order valence-electron chi connectivity index (χ4n) is 0.579. The van der Waals surface area contributed by atoms with Gasteiger partial charge in [-0.15, -0.1) is 12.4 Å². The first-order valence-corrected chi connectivity index (χ1v) is 2.54. The fourth-order valence-corrected chi connectivity index (χ4v) is 0.579. The molecule has 0 aromatic carbocycles. The Morgan fingerprint density at radius 3 is 2.67 bits per heavy atom. The summed E-state index contributed by atoms with van der Waals surface area (Å²) in [6, 6.07) is 1.93. The molecule has 9 heavy (non-hydrogen) atoms. The molecule has 1 aromatic rings. The Balaban J connectivity index is 0.000000640. The maximum Gasteiger partial charge on any atom is 0.0760 e. The van der Waals surface area contributed by atoms with Gasteiger partial charge in [-0.1, -0.05) is 0 Å². The van der Waals surface area contributed by atoms with Gasteiger partial charge in [0.15, 0.2) is 0 Å². The number of halogens is 1. The smallest absolute Gasteiger partial charge is 0.0760 e. The third-order valence-corrected chi connectivity index (χ3v) is 0.968. The zero-order valence-electron chi connectivity index (χ0n) is 5.22. The van der Waals surface area contributed by atoms with Gasteiger partial charge in [-0.3, -0.25) is 5.10 Å². The topological polar surface area (TPSA) is 54.7 Å². The lowest BCUT2D eigenvalue weighted by atomic mass is 10.4. The quantitative estimate of drug-likeness (QED) is 0.611. The van der Waals surface area contributed by atoms with Crippen molar-refractivity contribution < 1.29 is 0 Å². The van der Waals surface area contributed by atoms with E-state index >= 15 is 0 Å². The lowest BCUT2D eigenvalue weighted by Crippen LogP contribution is -1.95. The average Bonchev–Trinajstić information content (AvgIpc) is 2.14. The number of H-pyrrole nitrogens is 1. The van der Waals surface area contributed by atoms with Crippen LogP contribution in [0.15, 0.2) is 6.07 Å². The van der Waals surface area contributed by atoms with E-state index in [0.717, 1.165) is 11.4 Å². The van der Waals surface area contributed by atoms with E-state index in [1.165, 1.54) is 0 Å². The molecular weight excluding hydrogens is 138 g/mol. The Morgan fingerprint density at radius 1 is 1.78 bits per heavy atom. The minimum atomic E-state index is 0. The zero-order chi connectivity index (χ0) is 5.98. The summed E-state index contributed by atoms with van der Waals surface area (Å²) in [4.78, 5) is 0. The highest BCUT2D eigenvalue weighted by Gasteiger charge is 1.90. The van der Waals surface area contributed by atoms with Crippen LogP contribution in [-0.4, -0.2) is 10.2 Å². The van der Waals surface area contributed by atoms with Crippen LogP contribution in [0, 0.1) is 6.92 Å². The van der Waals surface area contributed by atoms with Gasteiger partial charge < -0.3 is 5.73 Å². The molecule has 0 spiro atoms. The number of hydrogen-bond donors (Lipinski definition) is 2. The lowest BCUT2D eigenvalue weighted by Gasteiger charge is -1.78. The third-order valence-electron chi connectivity index (χ3n) is 0.968. The number of aromatic amines is 1. The number of rotatable bonds is 1. The summed E-state index contributed by atoms with van der Waals surface area (Å²) in [5, 5.41) is 6.67. The Bertz CT molecular complexity index is 172. The highest BCUT2D eigenvalue weighted by atomic mass is 35.5. The molecule has 0 fully saturated rings. The molecule has 0 aliphatic carbocycles. The number of nitrogens with one attached hydrogen (secondary N) is 1. The van der Waals surface area contributed by atoms with Crippen LogP contribution < -0.4 is 5.73 Å². The van der Waals surface area contributed by atoms with Gasteiger partial charge in [-0.2, -0.15) is 5.10 Å². The summed E-state index contributed by atoms with van der Waals surface area (Å²) in [5.74, 6) is 0. The van der Waals surface area contributed by atoms with Crippen LogP contribution in [0.4, 0.5) is 0 Å². The Labute approximate surface area is 60.1 Å². The SMILES string of the molecule is Cc1cc(CN)n[nH]1.Cl. The van der Waals surface area contributed by atoms with Crippen LogP contribution in [0.1, 0.15) is 11.4 Å². The summed E-state index contributed by atoms with van der Waals surface area (Å²) >= 11 is 0. The minimum Gasteiger partial charge on any atom is -0.325 e. The summed E-state index contributed by atoms with van der Waals surface area (Å²) in [7, 11) is 0. The normalized spacial score (nSPS) is 8.67. The molecule has 1 aromatic heterocycles. The van der Waals surface area contributed by atoms with Crippen LogP contribution in [0.2, 0.25) is 0 Å². The molecule has 3 nitrogen and oxygen atoms in total. The number of nitrogens with two attached hydrogens (primary N) is 1. The summed E-state index contributed by atoms with van der Waals surface area (Å²) in [6.45, 7) is 2.47. The van der Waals surface area contributed by atoms with Gasteiger partial charge in [0.1, 0.15) is 0 Å². The van der Waals surface area contributed by atoms with Crippen molar-refractivity contribution in [3.63, 3.8) is 0 Å². The molecule has 1 heterocycles. The van der Waals surface area contributed by atoms with Crippen LogP contribution in [-0.2, 0) is 6.54 Å². The zero-order valence-corrected chi connectivity index (χ0v) is 6.03.